The van der Waals surface area contributed by atoms with Crippen LogP contribution in [0.2, 0.25) is 0 Å². The van der Waals surface area contributed by atoms with Gasteiger partial charge in [0, 0.05) is 4.88 Å². The van der Waals surface area contributed by atoms with Crippen molar-refractivity contribution in [2.75, 3.05) is 18.6 Å². The Morgan fingerprint density at radius 2 is 2.08 bits per heavy atom. The zero-order chi connectivity index (χ0) is 18.4. The van der Waals surface area contributed by atoms with E-state index in [9.17, 15) is 4.79 Å². The van der Waals surface area contributed by atoms with Gasteiger partial charge in [0.2, 0.25) is 0 Å². The molecule has 0 bridgehead atoms. The number of nitrogens with one attached hydrogen (secondary N) is 3. The van der Waals surface area contributed by atoms with Crippen LogP contribution in [0.15, 0.2) is 42.7 Å². The second kappa shape index (κ2) is 8.54. The second-order valence-corrected chi connectivity index (χ2v) is 6.61. The highest BCUT2D eigenvalue weighted by atomic mass is 32.1. The summed E-state index contributed by atoms with van der Waals surface area (Å²) >= 11 is 6.72. The van der Waals surface area contributed by atoms with Crippen molar-refractivity contribution in [3.8, 4) is 10.4 Å². The third-order valence-corrected chi connectivity index (χ3v) is 4.79. The van der Waals surface area contributed by atoms with Crippen LogP contribution in [-0.2, 0) is 9.53 Å². The van der Waals surface area contributed by atoms with Gasteiger partial charge in [-0.1, -0.05) is 30.3 Å². The third-order valence-electron chi connectivity index (χ3n) is 3.36. The van der Waals surface area contributed by atoms with E-state index in [1.165, 1.54) is 6.33 Å². The van der Waals surface area contributed by atoms with Crippen LogP contribution in [0.4, 0.5) is 5.82 Å². The molecule has 0 aliphatic carbocycles. The molecule has 134 valence electrons. The highest BCUT2D eigenvalue weighted by Gasteiger charge is 2.10. The molecular formula is C17H17N5O2S2. The first-order valence-electron chi connectivity index (χ1n) is 7.93. The average Bonchev–Trinajstić information content (AvgIpc) is 3.10. The largest absolute Gasteiger partial charge is 0.465 e. The minimum absolute atomic E-state index is 0.00229. The van der Waals surface area contributed by atoms with Gasteiger partial charge in [0.25, 0.3) is 0 Å². The van der Waals surface area contributed by atoms with Crippen LogP contribution in [0.1, 0.15) is 6.92 Å². The number of aromatic nitrogens is 2. The van der Waals surface area contributed by atoms with E-state index in [1.807, 2.05) is 24.3 Å². The standard InChI is InChI=1S/C17H17N5O2S2/c1-2-24-14(23)9-18-17(25)22-21-16-15-12(19-10-20-16)8-13(26-15)11-6-4-3-5-7-11/h3-8,10H,2,9H2,1H3,(H2,18,22,25)(H,19,20,21). The minimum atomic E-state index is -0.369. The van der Waals surface area contributed by atoms with Crippen LogP contribution in [0.25, 0.3) is 20.7 Å². The fourth-order valence-corrected chi connectivity index (χ4v) is 3.40. The molecule has 0 aliphatic heterocycles. The van der Waals surface area contributed by atoms with Gasteiger partial charge in [-0.3, -0.25) is 15.6 Å². The Morgan fingerprint density at radius 1 is 1.27 bits per heavy atom. The van der Waals surface area contributed by atoms with Crippen molar-refractivity contribution in [3.63, 3.8) is 0 Å². The lowest BCUT2D eigenvalue weighted by atomic mass is 10.2. The highest BCUT2D eigenvalue weighted by molar-refractivity contribution is 7.80. The summed E-state index contributed by atoms with van der Waals surface area (Å²) in [6, 6.07) is 12.1. The van der Waals surface area contributed by atoms with E-state index >= 15 is 0 Å². The first-order valence-corrected chi connectivity index (χ1v) is 9.15. The third kappa shape index (κ3) is 4.44. The van der Waals surface area contributed by atoms with Gasteiger partial charge in [0.05, 0.1) is 16.8 Å². The van der Waals surface area contributed by atoms with Gasteiger partial charge in [0.1, 0.15) is 12.9 Å². The van der Waals surface area contributed by atoms with Gasteiger partial charge in [-0.15, -0.1) is 11.3 Å². The predicted octanol–water partition coefficient (Wildman–Crippen LogP) is 2.71. The van der Waals surface area contributed by atoms with Gasteiger partial charge < -0.3 is 10.1 Å². The quantitative estimate of drug-likeness (QED) is 0.338. The lowest BCUT2D eigenvalue weighted by molar-refractivity contribution is -0.141. The number of thiophene rings is 1. The van der Waals surface area contributed by atoms with Gasteiger partial charge in [-0.2, -0.15) is 0 Å². The number of anilines is 1. The number of rotatable bonds is 6. The van der Waals surface area contributed by atoms with Crippen LogP contribution < -0.4 is 16.2 Å². The van der Waals surface area contributed by atoms with Crippen molar-refractivity contribution in [2.24, 2.45) is 0 Å². The zero-order valence-electron chi connectivity index (χ0n) is 14.0. The normalized spacial score (nSPS) is 10.3. The molecule has 0 saturated carbocycles. The van der Waals surface area contributed by atoms with Crippen LogP contribution >= 0.6 is 23.6 Å². The molecule has 0 spiro atoms. The number of carbonyl (C=O) groups is 1. The number of thiocarbonyl (C=S) groups is 1. The Labute approximate surface area is 159 Å². The topological polar surface area (TPSA) is 88.2 Å². The first-order chi connectivity index (χ1) is 12.7. The van der Waals surface area contributed by atoms with Crippen molar-refractivity contribution in [1.29, 1.82) is 0 Å². The molecule has 3 N–H and O–H groups in total. The van der Waals surface area contributed by atoms with Crippen LogP contribution in [-0.4, -0.2) is 34.2 Å². The molecule has 0 fully saturated rings. The monoisotopic (exact) mass is 387 g/mol. The summed E-state index contributed by atoms with van der Waals surface area (Å²) in [4.78, 5) is 21.0. The second-order valence-electron chi connectivity index (χ2n) is 5.15. The molecule has 0 amide bonds. The zero-order valence-corrected chi connectivity index (χ0v) is 15.6. The molecule has 0 unspecified atom stereocenters. The van der Waals surface area contributed by atoms with E-state index in [2.05, 4.69) is 38.3 Å². The fourth-order valence-electron chi connectivity index (χ4n) is 2.21. The summed E-state index contributed by atoms with van der Waals surface area (Å²) in [5.41, 5.74) is 7.75. The molecule has 3 aromatic rings. The number of nitrogens with zero attached hydrogens (tertiary/aromatic N) is 2. The molecule has 7 nitrogen and oxygen atoms in total. The van der Waals surface area contributed by atoms with Crippen molar-refractivity contribution < 1.29 is 9.53 Å². The summed E-state index contributed by atoms with van der Waals surface area (Å²) in [5, 5.41) is 3.03. The Morgan fingerprint density at radius 3 is 2.85 bits per heavy atom. The van der Waals surface area contributed by atoms with Crippen LogP contribution in [0.5, 0.6) is 0 Å². The van der Waals surface area contributed by atoms with Crippen molar-refractivity contribution >= 4 is 50.7 Å². The van der Waals surface area contributed by atoms with Crippen LogP contribution in [0.3, 0.4) is 0 Å². The molecule has 0 saturated heterocycles. The van der Waals surface area contributed by atoms with E-state index < -0.39 is 0 Å². The van der Waals surface area contributed by atoms with Gasteiger partial charge in [-0.05, 0) is 30.8 Å². The maximum atomic E-state index is 11.3. The predicted molar refractivity (Wildman–Crippen MR) is 107 cm³/mol. The average molecular weight is 387 g/mol. The maximum absolute atomic E-state index is 11.3. The van der Waals surface area contributed by atoms with Gasteiger partial charge in [0.15, 0.2) is 10.9 Å². The Balaban J connectivity index is 1.68. The number of benzene rings is 1. The smallest absolute Gasteiger partial charge is 0.325 e. The molecule has 1 aromatic carbocycles. The van der Waals surface area contributed by atoms with Crippen molar-refractivity contribution in [2.45, 2.75) is 6.92 Å². The van der Waals surface area contributed by atoms with E-state index in [0.717, 1.165) is 20.7 Å². The SMILES string of the molecule is CCOC(=O)CNC(=S)NNc1ncnc2cc(-c3ccccc3)sc12. The highest BCUT2D eigenvalue weighted by Crippen LogP contribution is 2.35. The molecule has 2 heterocycles. The molecule has 0 atom stereocenters. The number of carbonyl (C=O) groups excluding carboxylic acids is 1. The number of fused-ring (bicyclic) bond motifs is 1. The lowest BCUT2D eigenvalue weighted by Gasteiger charge is -2.11. The molecule has 26 heavy (non-hydrogen) atoms. The van der Waals surface area contributed by atoms with E-state index in [4.69, 9.17) is 17.0 Å². The Kier molecular flexibility index (Phi) is 5.92. The summed E-state index contributed by atoms with van der Waals surface area (Å²) in [6.07, 6.45) is 1.49. The Hall–Kier alpha value is -2.78. The minimum Gasteiger partial charge on any atom is -0.465 e. The first kappa shape index (κ1) is 18.0. The van der Waals surface area contributed by atoms with E-state index in [-0.39, 0.29) is 17.6 Å². The van der Waals surface area contributed by atoms with Gasteiger partial charge >= 0.3 is 5.97 Å². The van der Waals surface area contributed by atoms with E-state index in [1.54, 1.807) is 18.3 Å². The van der Waals surface area contributed by atoms with Crippen molar-refractivity contribution in [3.05, 3.63) is 42.7 Å². The molecule has 9 heteroatoms. The number of hydrazine groups is 1. The number of ether oxygens (including phenoxy) is 1. The van der Waals surface area contributed by atoms with E-state index in [0.29, 0.717) is 12.4 Å². The number of esters is 1. The summed E-state index contributed by atoms with van der Waals surface area (Å²) in [7, 11) is 0. The molecule has 0 aliphatic rings. The molecule has 0 radical (unpaired) electrons. The lowest BCUT2D eigenvalue weighted by Crippen LogP contribution is -2.41. The van der Waals surface area contributed by atoms with Crippen LogP contribution in [0, 0.1) is 0 Å². The number of hydrogen-bond acceptors (Lipinski definition) is 7. The number of hydrogen-bond donors (Lipinski definition) is 3. The molecular weight excluding hydrogens is 370 g/mol. The fraction of sp³-hybridized carbons (Fsp3) is 0.176. The maximum Gasteiger partial charge on any atom is 0.325 e. The molecule has 3 rings (SSSR count). The summed E-state index contributed by atoms with van der Waals surface area (Å²) < 4.78 is 5.74. The molecule has 2 aromatic heterocycles. The van der Waals surface area contributed by atoms with Crippen molar-refractivity contribution in [1.82, 2.24) is 20.7 Å². The summed E-state index contributed by atoms with van der Waals surface area (Å²) in [6.45, 7) is 2.08. The Bertz CT molecular complexity index is 914. The summed E-state index contributed by atoms with van der Waals surface area (Å²) in [5.74, 6) is 0.245. The van der Waals surface area contributed by atoms with Gasteiger partial charge in [-0.25, -0.2) is 9.97 Å².